The molecule has 0 aliphatic carbocycles. The number of rotatable bonds is 7. The summed E-state index contributed by atoms with van der Waals surface area (Å²) in [6.45, 7) is 6.91. The lowest BCUT2D eigenvalue weighted by molar-refractivity contribution is 0.0773. The van der Waals surface area contributed by atoms with Gasteiger partial charge in [-0.15, -0.1) is 0 Å². The Morgan fingerprint density at radius 3 is 2.48 bits per heavy atom. The van der Waals surface area contributed by atoms with Crippen LogP contribution in [0.3, 0.4) is 0 Å². The molecule has 0 spiro atoms. The number of amides is 3. The molecule has 1 unspecified atom stereocenters. The van der Waals surface area contributed by atoms with Gasteiger partial charge in [0.2, 0.25) is 0 Å². The maximum absolute atomic E-state index is 12.3. The molecule has 1 aliphatic rings. The van der Waals surface area contributed by atoms with Crippen molar-refractivity contribution < 1.29 is 14.3 Å². The van der Waals surface area contributed by atoms with Crippen LogP contribution in [0.25, 0.3) is 0 Å². The van der Waals surface area contributed by atoms with Gasteiger partial charge in [0.25, 0.3) is 5.91 Å². The molecule has 2 N–H and O–H groups in total. The molecule has 0 bridgehead atoms. The van der Waals surface area contributed by atoms with E-state index >= 15 is 0 Å². The molecule has 2 aromatic carbocycles. The van der Waals surface area contributed by atoms with Crippen molar-refractivity contribution in [1.29, 1.82) is 0 Å². The van der Waals surface area contributed by atoms with Crippen LogP contribution in [0.2, 0.25) is 0 Å². The summed E-state index contributed by atoms with van der Waals surface area (Å²) in [7, 11) is 0. The van der Waals surface area contributed by atoms with Gasteiger partial charge < -0.3 is 20.3 Å². The minimum atomic E-state index is -0.202. The van der Waals surface area contributed by atoms with E-state index in [0.29, 0.717) is 38.3 Å². The normalized spacial score (nSPS) is 15.0. The fourth-order valence-electron chi connectivity index (χ4n) is 3.46. The van der Waals surface area contributed by atoms with Crippen LogP contribution >= 0.6 is 0 Å². The van der Waals surface area contributed by atoms with Crippen molar-refractivity contribution >= 4 is 11.9 Å². The van der Waals surface area contributed by atoms with E-state index in [4.69, 9.17) is 4.74 Å². The summed E-state index contributed by atoms with van der Waals surface area (Å²) < 4.78 is 5.76. The number of hydrogen-bond donors (Lipinski definition) is 2. The lowest BCUT2D eigenvalue weighted by Crippen LogP contribution is -2.40. The second-order valence-corrected chi connectivity index (χ2v) is 7.23. The fourth-order valence-corrected chi connectivity index (χ4v) is 3.46. The molecule has 0 fully saturated rings. The van der Waals surface area contributed by atoms with Crippen LogP contribution in [-0.2, 0) is 13.0 Å². The number of carbonyl (C=O) groups is 2. The van der Waals surface area contributed by atoms with Gasteiger partial charge in [0.05, 0.1) is 6.61 Å². The van der Waals surface area contributed by atoms with Gasteiger partial charge in [-0.3, -0.25) is 4.79 Å². The van der Waals surface area contributed by atoms with E-state index in [-0.39, 0.29) is 17.9 Å². The minimum absolute atomic E-state index is 0.0310. The SMILES string of the molecule is CCN(CC)C(=O)c1ccc(CNC(=O)NCC2COc3ccccc3C2)cc1. The lowest BCUT2D eigenvalue weighted by Gasteiger charge is -2.25. The Morgan fingerprint density at radius 1 is 1.03 bits per heavy atom. The predicted molar refractivity (Wildman–Crippen MR) is 113 cm³/mol. The summed E-state index contributed by atoms with van der Waals surface area (Å²) in [4.78, 5) is 26.2. The van der Waals surface area contributed by atoms with E-state index in [1.165, 1.54) is 5.56 Å². The summed E-state index contributed by atoms with van der Waals surface area (Å²) in [5.74, 6) is 1.24. The van der Waals surface area contributed by atoms with Crippen LogP contribution in [0, 0.1) is 5.92 Å². The summed E-state index contributed by atoms with van der Waals surface area (Å²) in [5.41, 5.74) is 2.80. The van der Waals surface area contributed by atoms with E-state index < -0.39 is 0 Å². The molecule has 154 valence electrons. The first-order valence-electron chi connectivity index (χ1n) is 10.2. The van der Waals surface area contributed by atoms with Crippen LogP contribution in [0.15, 0.2) is 48.5 Å². The van der Waals surface area contributed by atoms with Crippen LogP contribution < -0.4 is 15.4 Å². The zero-order valence-electron chi connectivity index (χ0n) is 17.1. The first-order valence-corrected chi connectivity index (χ1v) is 10.2. The Balaban J connectivity index is 1.42. The van der Waals surface area contributed by atoms with Crippen molar-refractivity contribution in [2.75, 3.05) is 26.2 Å². The second kappa shape index (κ2) is 9.96. The Hall–Kier alpha value is -3.02. The van der Waals surface area contributed by atoms with Gasteiger partial charge in [0, 0.05) is 37.7 Å². The molecular weight excluding hydrogens is 366 g/mol. The van der Waals surface area contributed by atoms with Gasteiger partial charge in [-0.1, -0.05) is 30.3 Å². The Kier molecular flexibility index (Phi) is 7.11. The minimum Gasteiger partial charge on any atom is -0.493 e. The first-order chi connectivity index (χ1) is 14.1. The van der Waals surface area contributed by atoms with Crippen molar-refractivity contribution in [1.82, 2.24) is 15.5 Å². The molecule has 1 aliphatic heterocycles. The Labute approximate surface area is 172 Å². The largest absolute Gasteiger partial charge is 0.493 e. The van der Waals surface area contributed by atoms with Gasteiger partial charge in [-0.2, -0.15) is 0 Å². The third-order valence-corrected chi connectivity index (χ3v) is 5.21. The number of ether oxygens (including phenoxy) is 1. The molecule has 1 heterocycles. The molecule has 1 atom stereocenters. The molecule has 0 saturated heterocycles. The van der Waals surface area contributed by atoms with E-state index in [1.54, 1.807) is 4.90 Å². The van der Waals surface area contributed by atoms with Crippen LogP contribution in [0.4, 0.5) is 4.79 Å². The average Bonchev–Trinajstić information content (AvgIpc) is 2.77. The van der Waals surface area contributed by atoms with Crippen LogP contribution in [0.1, 0.15) is 35.3 Å². The van der Waals surface area contributed by atoms with Gasteiger partial charge in [-0.05, 0) is 49.6 Å². The zero-order chi connectivity index (χ0) is 20.6. The summed E-state index contributed by atoms with van der Waals surface area (Å²) >= 11 is 0. The van der Waals surface area contributed by atoms with Gasteiger partial charge in [-0.25, -0.2) is 4.79 Å². The molecule has 0 radical (unpaired) electrons. The second-order valence-electron chi connectivity index (χ2n) is 7.23. The summed E-state index contributed by atoms with van der Waals surface area (Å²) in [6, 6.07) is 15.2. The maximum atomic E-state index is 12.3. The number of nitrogens with one attached hydrogen (secondary N) is 2. The van der Waals surface area contributed by atoms with Crippen LogP contribution in [0.5, 0.6) is 5.75 Å². The number of fused-ring (bicyclic) bond motifs is 1. The number of nitrogens with zero attached hydrogens (tertiary/aromatic N) is 1. The van der Waals surface area contributed by atoms with Crippen molar-refractivity contribution in [3.8, 4) is 5.75 Å². The van der Waals surface area contributed by atoms with Crippen LogP contribution in [-0.4, -0.2) is 43.1 Å². The van der Waals surface area contributed by atoms with E-state index in [0.717, 1.165) is 17.7 Å². The molecule has 3 amide bonds. The Bertz CT molecular complexity index is 832. The third kappa shape index (κ3) is 5.50. The number of hydrogen-bond acceptors (Lipinski definition) is 3. The number of para-hydroxylation sites is 1. The first kappa shape index (κ1) is 20.7. The molecule has 3 rings (SSSR count). The standard InChI is InChI=1S/C23H29N3O3/c1-3-26(4-2)22(27)19-11-9-17(10-12-19)14-24-23(28)25-15-18-13-20-7-5-6-8-21(20)29-16-18/h5-12,18H,3-4,13-16H2,1-2H3,(H2,24,25,28). The smallest absolute Gasteiger partial charge is 0.315 e. The van der Waals surface area contributed by atoms with Gasteiger partial charge >= 0.3 is 6.03 Å². The number of urea groups is 1. The monoisotopic (exact) mass is 395 g/mol. The highest BCUT2D eigenvalue weighted by molar-refractivity contribution is 5.94. The summed E-state index contributed by atoms with van der Waals surface area (Å²) in [6.07, 6.45) is 0.901. The van der Waals surface area contributed by atoms with Crippen molar-refractivity contribution in [3.63, 3.8) is 0 Å². The van der Waals surface area contributed by atoms with E-state index in [9.17, 15) is 9.59 Å². The predicted octanol–water partition coefficient (Wildman–Crippen LogP) is 3.22. The van der Waals surface area contributed by atoms with Gasteiger partial charge in [0.1, 0.15) is 5.75 Å². The number of carbonyl (C=O) groups excluding carboxylic acids is 2. The molecular formula is C23H29N3O3. The van der Waals surface area contributed by atoms with Gasteiger partial charge in [0.15, 0.2) is 0 Å². The quantitative estimate of drug-likeness (QED) is 0.756. The fraction of sp³-hybridized carbons (Fsp3) is 0.391. The van der Waals surface area contributed by atoms with E-state index in [1.807, 2.05) is 56.3 Å². The van der Waals surface area contributed by atoms with Crippen molar-refractivity contribution in [2.24, 2.45) is 5.92 Å². The molecule has 2 aromatic rings. The molecule has 6 heteroatoms. The highest BCUT2D eigenvalue weighted by Gasteiger charge is 2.20. The third-order valence-electron chi connectivity index (χ3n) is 5.21. The lowest BCUT2D eigenvalue weighted by atomic mass is 9.97. The summed E-state index contributed by atoms with van der Waals surface area (Å²) in [5, 5.41) is 5.79. The Morgan fingerprint density at radius 2 is 1.76 bits per heavy atom. The van der Waals surface area contributed by atoms with E-state index in [2.05, 4.69) is 16.7 Å². The number of benzene rings is 2. The van der Waals surface area contributed by atoms with Crippen molar-refractivity contribution in [3.05, 3.63) is 65.2 Å². The molecule has 0 aromatic heterocycles. The zero-order valence-corrected chi connectivity index (χ0v) is 17.1. The van der Waals surface area contributed by atoms with Crippen molar-refractivity contribution in [2.45, 2.75) is 26.8 Å². The maximum Gasteiger partial charge on any atom is 0.315 e. The highest BCUT2D eigenvalue weighted by Crippen LogP contribution is 2.26. The topological polar surface area (TPSA) is 70.7 Å². The molecule has 6 nitrogen and oxygen atoms in total. The average molecular weight is 396 g/mol. The highest BCUT2D eigenvalue weighted by atomic mass is 16.5. The molecule has 0 saturated carbocycles. The molecule has 29 heavy (non-hydrogen) atoms.